The van der Waals surface area contributed by atoms with Crippen molar-refractivity contribution >= 4 is 0 Å². The molecule has 2 aliphatic rings. The van der Waals surface area contributed by atoms with Gasteiger partial charge in [0, 0.05) is 25.8 Å². The highest BCUT2D eigenvalue weighted by Crippen LogP contribution is 2.65. The van der Waals surface area contributed by atoms with E-state index in [9.17, 15) is 0 Å². The maximum absolute atomic E-state index is 4.45. The third-order valence-corrected chi connectivity index (χ3v) is 6.09. The van der Waals surface area contributed by atoms with Gasteiger partial charge in [-0.3, -0.25) is 4.68 Å². The molecule has 3 rings (SSSR count). The highest BCUT2D eigenvalue weighted by Gasteiger charge is 2.60. The Balaban J connectivity index is 1.69. The van der Waals surface area contributed by atoms with Gasteiger partial charge in [-0.15, -0.1) is 0 Å². The fraction of sp³-hybridized carbons (Fsp3) is 0.800. The first-order valence-electron chi connectivity index (χ1n) is 7.15. The average Bonchev–Trinajstić information content (AvgIpc) is 2.87. The average molecular weight is 247 g/mol. The van der Waals surface area contributed by atoms with Gasteiger partial charge in [0.2, 0.25) is 0 Å². The van der Waals surface area contributed by atoms with Crippen LogP contribution in [0.1, 0.15) is 45.7 Å². The lowest BCUT2D eigenvalue weighted by molar-refractivity contribution is 0.120. The van der Waals surface area contributed by atoms with E-state index in [1.165, 1.54) is 19.3 Å². The van der Waals surface area contributed by atoms with E-state index >= 15 is 0 Å². The fourth-order valence-electron chi connectivity index (χ4n) is 4.30. The van der Waals surface area contributed by atoms with Crippen molar-refractivity contribution < 1.29 is 0 Å². The van der Waals surface area contributed by atoms with E-state index in [2.05, 4.69) is 37.3 Å². The molecule has 0 aromatic carbocycles. The molecule has 0 amide bonds. The van der Waals surface area contributed by atoms with Crippen LogP contribution in [0, 0.1) is 16.7 Å². The van der Waals surface area contributed by atoms with Crippen molar-refractivity contribution in [3.63, 3.8) is 0 Å². The van der Waals surface area contributed by atoms with E-state index in [0.717, 1.165) is 18.2 Å². The van der Waals surface area contributed by atoms with Crippen molar-refractivity contribution in [1.82, 2.24) is 15.1 Å². The number of nitrogens with zero attached hydrogens (tertiary/aromatic N) is 2. The molecule has 0 radical (unpaired) electrons. The van der Waals surface area contributed by atoms with Crippen LogP contribution in [0.4, 0.5) is 0 Å². The van der Waals surface area contributed by atoms with Crippen LogP contribution in [-0.2, 0) is 13.6 Å². The van der Waals surface area contributed by atoms with Gasteiger partial charge in [-0.25, -0.2) is 0 Å². The molecule has 18 heavy (non-hydrogen) atoms. The molecule has 1 N–H and O–H groups in total. The highest BCUT2D eigenvalue weighted by atomic mass is 15.3. The minimum Gasteiger partial charge on any atom is -0.308 e. The first kappa shape index (κ1) is 12.2. The Morgan fingerprint density at radius 3 is 2.72 bits per heavy atom. The number of aromatic nitrogens is 2. The monoisotopic (exact) mass is 247 g/mol. The summed E-state index contributed by atoms with van der Waals surface area (Å²) in [5, 5.41) is 8.21. The lowest BCUT2D eigenvalue weighted by Gasteiger charge is -2.39. The summed E-state index contributed by atoms with van der Waals surface area (Å²) in [6, 6.07) is 2.77. The summed E-state index contributed by atoms with van der Waals surface area (Å²) in [4.78, 5) is 0. The first-order chi connectivity index (χ1) is 8.43. The molecule has 1 heterocycles. The number of hydrogen-bond acceptors (Lipinski definition) is 2. The minimum atomic E-state index is 0.465. The van der Waals surface area contributed by atoms with Gasteiger partial charge in [0.1, 0.15) is 0 Å². The zero-order chi connectivity index (χ0) is 13.0. The van der Waals surface area contributed by atoms with Gasteiger partial charge in [-0.2, -0.15) is 5.10 Å². The van der Waals surface area contributed by atoms with Crippen LogP contribution < -0.4 is 5.32 Å². The van der Waals surface area contributed by atoms with Crippen LogP contribution in [0.5, 0.6) is 0 Å². The molecule has 2 fully saturated rings. The summed E-state index contributed by atoms with van der Waals surface area (Å²) in [5.74, 6) is 0.906. The van der Waals surface area contributed by atoms with Crippen molar-refractivity contribution in [2.24, 2.45) is 23.8 Å². The molecule has 100 valence electrons. The summed E-state index contributed by atoms with van der Waals surface area (Å²) in [7, 11) is 1.98. The van der Waals surface area contributed by atoms with E-state index in [0.29, 0.717) is 16.9 Å². The smallest absolute Gasteiger partial charge is 0.0762 e. The molecule has 0 aliphatic heterocycles. The number of aryl methyl sites for hydroxylation is 1. The van der Waals surface area contributed by atoms with Gasteiger partial charge in [0.05, 0.1) is 5.69 Å². The minimum absolute atomic E-state index is 0.465. The SMILES string of the molecule is Cn1ccc(CNC2CC3CCC2(C)C3(C)C)n1. The van der Waals surface area contributed by atoms with E-state index in [1.54, 1.807) is 0 Å². The predicted octanol–water partition coefficient (Wildman–Crippen LogP) is 2.72. The lowest BCUT2D eigenvalue weighted by Crippen LogP contribution is -2.44. The number of rotatable bonds is 3. The second-order valence-electron chi connectivity index (χ2n) is 7.02. The number of nitrogens with one attached hydrogen (secondary N) is 1. The zero-order valence-corrected chi connectivity index (χ0v) is 12.0. The Bertz CT molecular complexity index is 448. The Labute approximate surface area is 110 Å². The molecular formula is C15H25N3. The lowest BCUT2D eigenvalue weighted by atomic mass is 9.69. The van der Waals surface area contributed by atoms with E-state index in [1.807, 2.05) is 17.9 Å². The second kappa shape index (κ2) is 3.83. The molecule has 2 bridgehead atoms. The molecule has 3 heteroatoms. The Morgan fingerprint density at radius 1 is 1.44 bits per heavy atom. The van der Waals surface area contributed by atoms with Crippen molar-refractivity contribution in [3.8, 4) is 0 Å². The van der Waals surface area contributed by atoms with E-state index < -0.39 is 0 Å². The highest BCUT2D eigenvalue weighted by molar-refractivity contribution is 5.13. The summed E-state index contributed by atoms with van der Waals surface area (Å²) in [6.07, 6.45) is 6.16. The van der Waals surface area contributed by atoms with Crippen LogP contribution >= 0.6 is 0 Å². The van der Waals surface area contributed by atoms with Crippen molar-refractivity contribution in [2.45, 2.75) is 52.6 Å². The van der Waals surface area contributed by atoms with Gasteiger partial charge in [-0.05, 0) is 42.1 Å². The van der Waals surface area contributed by atoms with Crippen LogP contribution in [0.25, 0.3) is 0 Å². The van der Waals surface area contributed by atoms with Crippen molar-refractivity contribution in [1.29, 1.82) is 0 Å². The Morgan fingerprint density at radius 2 is 2.22 bits per heavy atom. The molecular weight excluding hydrogens is 222 g/mol. The molecule has 1 aromatic rings. The molecule has 3 unspecified atom stereocenters. The third-order valence-electron chi connectivity index (χ3n) is 6.09. The molecule has 0 saturated heterocycles. The van der Waals surface area contributed by atoms with Gasteiger partial charge in [-0.1, -0.05) is 20.8 Å². The normalized spacial score (nSPS) is 37.3. The van der Waals surface area contributed by atoms with Crippen LogP contribution in [0.2, 0.25) is 0 Å². The molecule has 3 nitrogen and oxygen atoms in total. The van der Waals surface area contributed by atoms with Gasteiger partial charge >= 0.3 is 0 Å². The summed E-state index contributed by atoms with van der Waals surface area (Å²) < 4.78 is 1.88. The predicted molar refractivity (Wildman–Crippen MR) is 73.1 cm³/mol. The Hall–Kier alpha value is -0.830. The van der Waals surface area contributed by atoms with Gasteiger partial charge < -0.3 is 5.32 Å². The standard InChI is InChI=1S/C15H25N3/c1-14(2)11-5-7-15(14,3)13(9-11)16-10-12-6-8-18(4)17-12/h6,8,11,13,16H,5,7,9-10H2,1-4H3. The topological polar surface area (TPSA) is 29.9 Å². The largest absolute Gasteiger partial charge is 0.308 e. The molecule has 0 spiro atoms. The van der Waals surface area contributed by atoms with Crippen molar-refractivity contribution in [2.75, 3.05) is 0 Å². The van der Waals surface area contributed by atoms with Gasteiger partial charge in [0.15, 0.2) is 0 Å². The van der Waals surface area contributed by atoms with Crippen molar-refractivity contribution in [3.05, 3.63) is 18.0 Å². The van der Waals surface area contributed by atoms with Crippen LogP contribution in [0.15, 0.2) is 12.3 Å². The van der Waals surface area contributed by atoms with Gasteiger partial charge in [0.25, 0.3) is 0 Å². The zero-order valence-electron chi connectivity index (χ0n) is 12.0. The third kappa shape index (κ3) is 1.56. The molecule has 3 atom stereocenters. The van der Waals surface area contributed by atoms with E-state index in [-0.39, 0.29) is 0 Å². The van der Waals surface area contributed by atoms with E-state index in [4.69, 9.17) is 0 Å². The van der Waals surface area contributed by atoms with Crippen LogP contribution in [0.3, 0.4) is 0 Å². The first-order valence-corrected chi connectivity index (χ1v) is 7.15. The molecule has 1 aromatic heterocycles. The van der Waals surface area contributed by atoms with Crippen LogP contribution in [-0.4, -0.2) is 15.8 Å². The number of hydrogen-bond donors (Lipinski definition) is 1. The number of fused-ring (bicyclic) bond motifs is 2. The Kier molecular flexibility index (Phi) is 2.60. The summed E-state index contributed by atoms with van der Waals surface area (Å²) >= 11 is 0. The second-order valence-corrected chi connectivity index (χ2v) is 7.02. The quantitative estimate of drug-likeness (QED) is 0.890. The molecule has 2 saturated carbocycles. The maximum Gasteiger partial charge on any atom is 0.0762 e. The fourth-order valence-corrected chi connectivity index (χ4v) is 4.30. The molecule has 2 aliphatic carbocycles. The summed E-state index contributed by atoms with van der Waals surface area (Å²) in [6.45, 7) is 8.32. The maximum atomic E-state index is 4.45. The summed E-state index contributed by atoms with van der Waals surface area (Å²) in [5.41, 5.74) is 2.11.